The van der Waals surface area contributed by atoms with Crippen LogP contribution in [0.1, 0.15) is 10.5 Å². The molecule has 86 valence electrons. The Hall–Kier alpha value is -2.42. The van der Waals surface area contributed by atoms with Crippen LogP contribution in [0.2, 0.25) is 0 Å². The molecule has 8 nitrogen and oxygen atoms in total. The number of hydrogen-bond acceptors (Lipinski definition) is 7. The smallest absolute Gasteiger partial charge is 0.296 e. The molecule has 0 saturated carbocycles. The van der Waals surface area contributed by atoms with E-state index in [1.807, 2.05) is 0 Å². The molecule has 0 aliphatic rings. The normalized spacial score (nSPS) is 9.88. The van der Waals surface area contributed by atoms with Crippen LogP contribution in [0.4, 0.5) is 10.1 Å². The van der Waals surface area contributed by atoms with Gasteiger partial charge in [-0.05, 0) is 11.3 Å². The number of anilines is 1. The minimum Gasteiger partial charge on any atom is -0.296 e. The maximum atomic E-state index is 11.6. The molecular formula is C8H5N5O3S. The number of nitro groups is 1. The molecule has 1 N–H and O–H groups in total. The van der Waals surface area contributed by atoms with Gasteiger partial charge in [-0.1, -0.05) is 0 Å². The van der Waals surface area contributed by atoms with Gasteiger partial charge in [-0.2, -0.15) is 0 Å². The Labute approximate surface area is 98.5 Å². The molecule has 17 heavy (non-hydrogen) atoms. The third-order valence-electron chi connectivity index (χ3n) is 1.69. The zero-order valence-corrected chi connectivity index (χ0v) is 9.05. The number of carbonyl (C=O) groups is 1. The van der Waals surface area contributed by atoms with Crippen molar-refractivity contribution in [3.63, 3.8) is 0 Å². The Balaban J connectivity index is 2.11. The van der Waals surface area contributed by atoms with Gasteiger partial charge in [0.25, 0.3) is 5.91 Å². The first-order valence-electron chi connectivity index (χ1n) is 4.34. The molecule has 1 amide bonds. The molecule has 0 unspecified atom stereocenters. The van der Waals surface area contributed by atoms with E-state index in [4.69, 9.17) is 0 Å². The van der Waals surface area contributed by atoms with Crippen molar-refractivity contribution in [2.75, 3.05) is 5.32 Å². The summed E-state index contributed by atoms with van der Waals surface area (Å²) in [6.07, 6.45) is 5.18. The van der Waals surface area contributed by atoms with E-state index in [-0.39, 0.29) is 15.8 Å². The first kappa shape index (κ1) is 11.1. The van der Waals surface area contributed by atoms with Gasteiger partial charge in [0, 0.05) is 12.4 Å². The summed E-state index contributed by atoms with van der Waals surface area (Å²) in [5, 5.41) is 12.8. The van der Waals surface area contributed by atoms with E-state index in [2.05, 4.69) is 20.3 Å². The minimum absolute atomic E-state index is 0.116. The lowest BCUT2D eigenvalue weighted by atomic mass is 10.4. The van der Waals surface area contributed by atoms with Crippen LogP contribution in [-0.2, 0) is 0 Å². The molecule has 0 aliphatic heterocycles. The fourth-order valence-electron chi connectivity index (χ4n) is 0.985. The van der Waals surface area contributed by atoms with Crippen molar-refractivity contribution in [1.82, 2.24) is 15.0 Å². The molecule has 2 rings (SSSR count). The maximum absolute atomic E-state index is 11.6. The zero-order chi connectivity index (χ0) is 12.3. The highest BCUT2D eigenvalue weighted by molar-refractivity contribution is 7.18. The largest absolute Gasteiger partial charge is 0.345 e. The van der Waals surface area contributed by atoms with E-state index in [9.17, 15) is 14.9 Å². The summed E-state index contributed by atoms with van der Waals surface area (Å²) in [7, 11) is 0. The lowest BCUT2D eigenvalue weighted by Gasteiger charge is -1.98. The van der Waals surface area contributed by atoms with Crippen LogP contribution in [-0.4, -0.2) is 25.8 Å². The van der Waals surface area contributed by atoms with Crippen molar-refractivity contribution in [2.45, 2.75) is 0 Å². The van der Waals surface area contributed by atoms with Crippen LogP contribution in [0, 0.1) is 10.1 Å². The van der Waals surface area contributed by atoms with E-state index < -0.39 is 10.8 Å². The second-order valence-corrected chi connectivity index (χ2v) is 3.81. The van der Waals surface area contributed by atoms with Crippen LogP contribution >= 0.6 is 11.3 Å². The molecule has 9 heteroatoms. The van der Waals surface area contributed by atoms with Crippen molar-refractivity contribution in [3.8, 4) is 0 Å². The summed E-state index contributed by atoms with van der Waals surface area (Å²) < 4.78 is 0. The van der Waals surface area contributed by atoms with Crippen LogP contribution in [0.15, 0.2) is 24.8 Å². The van der Waals surface area contributed by atoms with Crippen molar-refractivity contribution in [3.05, 3.63) is 40.6 Å². The monoisotopic (exact) mass is 251 g/mol. The molecule has 0 radical (unpaired) electrons. The predicted octanol–water partition coefficient (Wildman–Crippen LogP) is 1.09. The number of amides is 1. The molecule has 0 atom stereocenters. The molecule has 2 aromatic heterocycles. The standard InChI is InChI=1S/C8H5N5O3S/c14-7(5-3-9-1-2-10-5)12-8-11-4-6(17-8)13(15)16/h1-4H,(H,11,12,14). The Morgan fingerprint density at radius 3 is 2.76 bits per heavy atom. The Kier molecular flexibility index (Phi) is 3.01. The minimum atomic E-state index is -0.574. The van der Waals surface area contributed by atoms with Gasteiger partial charge in [0.2, 0.25) is 0 Å². The highest BCUT2D eigenvalue weighted by Gasteiger charge is 2.14. The van der Waals surface area contributed by atoms with Crippen LogP contribution in [0.25, 0.3) is 0 Å². The lowest BCUT2D eigenvalue weighted by molar-refractivity contribution is -0.380. The molecule has 2 aromatic rings. The number of carbonyl (C=O) groups excluding carboxylic acids is 1. The van der Waals surface area contributed by atoms with Crippen molar-refractivity contribution in [2.24, 2.45) is 0 Å². The first-order chi connectivity index (χ1) is 8.16. The molecule has 0 aliphatic carbocycles. The highest BCUT2D eigenvalue weighted by atomic mass is 32.1. The van der Waals surface area contributed by atoms with Gasteiger partial charge in [-0.15, -0.1) is 0 Å². The second-order valence-electron chi connectivity index (χ2n) is 2.81. The van der Waals surface area contributed by atoms with E-state index >= 15 is 0 Å². The summed E-state index contributed by atoms with van der Waals surface area (Å²) >= 11 is 0.774. The maximum Gasteiger partial charge on any atom is 0.345 e. The van der Waals surface area contributed by atoms with Gasteiger partial charge < -0.3 is 0 Å². The van der Waals surface area contributed by atoms with Gasteiger partial charge >= 0.3 is 5.00 Å². The molecule has 0 bridgehead atoms. The fraction of sp³-hybridized carbons (Fsp3) is 0. The predicted molar refractivity (Wildman–Crippen MR) is 58.8 cm³/mol. The number of aromatic nitrogens is 3. The summed E-state index contributed by atoms with van der Waals surface area (Å²) in [6, 6.07) is 0. The van der Waals surface area contributed by atoms with E-state index in [1.54, 1.807) is 0 Å². The third kappa shape index (κ3) is 2.58. The van der Waals surface area contributed by atoms with E-state index in [0.717, 1.165) is 17.5 Å². The molecule has 0 fully saturated rings. The van der Waals surface area contributed by atoms with E-state index in [1.165, 1.54) is 18.6 Å². The quantitative estimate of drug-likeness (QED) is 0.645. The van der Waals surface area contributed by atoms with Crippen LogP contribution in [0.3, 0.4) is 0 Å². The number of rotatable bonds is 3. The van der Waals surface area contributed by atoms with Gasteiger partial charge in [-0.3, -0.25) is 25.2 Å². The summed E-state index contributed by atoms with van der Waals surface area (Å²) in [5.41, 5.74) is 0.116. The SMILES string of the molecule is O=C(Nc1ncc([N+](=O)[O-])s1)c1cnccn1. The topological polar surface area (TPSA) is 111 Å². The molecular weight excluding hydrogens is 246 g/mol. The van der Waals surface area contributed by atoms with Gasteiger partial charge in [0.15, 0.2) is 5.13 Å². The summed E-state index contributed by atoms with van der Waals surface area (Å²) in [6.45, 7) is 0. The van der Waals surface area contributed by atoms with Gasteiger partial charge in [0.05, 0.1) is 11.1 Å². The Morgan fingerprint density at radius 1 is 1.35 bits per heavy atom. The van der Waals surface area contributed by atoms with E-state index in [0.29, 0.717) is 0 Å². The summed E-state index contributed by atoms with van der Waals surface area (Å²) in [5.74, 6) is -0.512. The highest BCUT2D eigenvalue weighted by Crippen LogP contribution is 2.25. The second kappa shape index (κ2) is 4.61. The van der Waals surface area contributed by atoms with Gasteiger partial charge in [-0.25, -0.2) is 9.97 Å². The molecule has 0 aromatic carbocycles. The molecule has 0 saturated heterocycles. The average Bonchev–Trinajstić information content (AvgIpc) is 2.79. The fourth-order valence-corrected chi connectivity index (χ4v) is 1.61. The number of hydrogen-bond donors (Lipinski definition) is 1. The number of nitrogens with one attached hydrogen (secondary N) is 1. The van der Waals surface area contributed by atoms with Crippen LogP contribution < -0.4 is 5.32 Å². The summed E-state index contributed by atoms with van der Waals surface area (Å²) in [4.78, 5) is 32.6. The Morgan fingerprint density at radius 2 is 2.18 bits per heavy atom. The zero-order valence-electron chi connectivity index (χ0n) is 8.23. The van der Waals surface area contributed by atoms with Crippen molar-refractivity contribution < 1.29 is 9.72 Å². The van der Waals surface area contributed by atoms with Gasteiger partial charge in [0.1, 0.15) is 11.9 Å². The van der Waals surface area contributed by atoms with Crippen LogP contribution in [0.5, 0.6) is 0 Å². The number of nitrogens with zero attached hydrogens (tertiary/aromatic N) is 4. The average molecular weight is 251 g/mol. The molecule has 0 spiro atoms. The number of thiazole rings is 1. The molecule has 2 heterocycles. The first-order valence-corrected chi connectivity index (χ1v) is 5.16. The Bertz CT molecular complexity index is 555. The van der Waals surface area contributed by atoms with Crippen molar-refractivity contribution >= 4 is 27.4 Å². The lowest BCUT2D eigenvalue weighted by Crippen LogP contribution is -2.13. The third-order valence-corrected chi connectivity index (χ3v) is 2.55. The van der Waals surface area contributed by atoms with Crippen molar-refractivity contribution in [1.29, 1.82) is 0 Å².